The zero-order chi connectivity index (χ0) is 28.7. The molecule has 0 bridgehead atoms. The monoisotopic (exact) mass is 554 g/mol. The van der Waals surface area contributed by atoms with E-state index in [1.807, 2.05) is 47.1 Å². The lowest BCUT2D eigenvalue weighted by atomic mass is 9.89. The molecular formula is C29H34N10O2. The molecule has 0 spiro atoms. The van der Waals surface area contributed by atoms with E-state index in [9.17, 15) is 9.59 Å². The van der Waals surface area contributed by atoms with Crippen molar-refractivity contribution in [1.29, 1.82) is 0 Å². The van der Waals surface area contributed by atoms with E-state index in [4.69, 9.17) is 16.5 Å². The fourth-order valence-electron chi connectivity index (χ4n) is 6.04. The van der Waals surface area contributed by atoms with Crippen LogP contribution in [0.25, 0.3) is 10.9 Å². The SMILES string of the molecule is C[C@H]1CN(c2ccncc2CC(=O)c2nc3cc(N4CCN(C)C(=O)C4)ccc3cc2N)C[C@@H](N)[C@H]1n1ccnn1. The summed E-state index contributed by atoms with van der Waals surface area (Å²) in [5.41, 5.74) is 16.8. The van der Waals surface area contributed by atoms with Crippen molar-refractivity contribution in [2.45, 2.75) is 25.4 Å². The Balaban J connectivity index is 1.23. The number of amides is 1. The summed E-state index contributed by atoms with van der Waals surface area (Å²) in [6.45, 7) is 5.20. The topological polar surface area (TPSA) is 152 Å². The number of Topliss-reactive ketones (excluding diaryl/α,β-unsaturated/α-hetero) is 1. The maximum atomic E-state index is 13.6. The molecule has 5 heterocycles. The lowest BCUT2D eigenvalue weighted by molar-refractivity contribution is -0.129. The fraction of sp³-hybridized carbons (Fsp3) is 0.379. The Morgan fingerprint density at radius 1 is 1.10 bits per heavy atom. The van der Waals surface area contributed by atoms with Crippen molar-refractivity contribution in [1.82, 2.24) is 29.9 Å². The minimum Gasteiger partial charge on any atom is -0.397 e. The van der Waals surface area contributed by atoms with Crippen LogP contribution in [0.3, 0.4) is 0 Å². The normalized spacial score (nSPS) is 21.5. The number of ketones is 1. The van der Waals surface area contributed by atoms with E-state index in [-0.39, 0.29) is 41.8 Å². The summed E-state index contributed by atoms with van der Waals surface area (Å²) in [6.07, 6.45) is 7.08. The highest BCUT2D eigenvalue weighted by Gasteiger charge is 2.35. The van der Waals surface area contributed by atoms with Gasteiger partial charge >= 0.3 is 0 Å². The third kappa shape index (κ3) is 5.18. The number of carbonyl (C=O) groups excluding carboxylic acids is 2. The predicted octanol–water partition coefficient (Wildman–Crippen LogP) is 1.53. The number of piperidine rings is 1. The molecule has 4 N–H and O–H groups in total. The molecule has 212 valence electrons. The Morgan fingerprint density at radius 3 is 2.71 bits per heavy atom. The molecule has 12 heteroatoms. The van der Waals surface area contributed by atoms with Crippen molar-refractivity contribution in [3.05, 3.63) is 66.4 Å². The molecule has 41 heavy (non-hydrogen) atoms. The van der Waals surface area contributed by atoms with Gasteiger partial charge in [0.05, 0.1) is 30.0 Å². The standard InChI is InChI=1S/C29H34N10O2/c1-18-15-38(16-23(31)29(18)39-8-7-33-35-39)25-5-6-32-14-20(25)12-26(40)28-22(30)11-19-3-4-21(13-24(19)34-28)37-10-9-36(2)27(41)17-37/h3-8,11,13-14,18,23,29H,9-10,12,15-17,30-31H2,1-2H3/t18-,23+,29-/m0/s1. The van der Waals surface area contributed by atoms with Gasteiger partial charge < -0.3 is 26.2 Å². The van der Waals surface area contributed by atoms with Crippen LogP contribution < -0.4 is 21.3 Å². The number of aromatic nitrogens is 5. The highest BCUT2D eigenvalue weighted by molar-refractivity contribution is 6.03. The van der Waals surface area contributed by atoms with Crippen LogP contribution >= 0.6 is 0 Å². The third-order valence-corrected chi connectivity index (χ3v) is 8.19. The number of hydrogen-bond acceptors (Lipinski definition) is 10. The Labute approximate surface area is 237 Å². The van der Waals surface area contributed by atoms with E-state index in [1.54, 1.807) is 29.6 Å². The highest BCUT2D eigenvalue weighted by Crippen LogP contribution is 2.32. The quantitative estimate of drug-likeness (QED) is 0.336. The zero-order valence-corrected chi connectivity index (χ0v) is 23.2. The third-order valence-electron chi connectivity index (χ3n) is 8.19. The molecule has 1 amide bonds. The first-order chi connectivity index (χ1) is 19.8. The summed E-state index contributed by atoms with van der Waals surface area (Å²) in [5, 5.41) is 8.95. The molecule has 0 aliphatic carbocycles. The molecule has 0 saturated carbocycles. The highest BCUT2D eigenvalue weighted by atomic mass is 16.2. The number of pyridine rings is 2. The Hall–Kier alpha value is -4.58. The Bertz CT molecular complexity index is 1580. The number of nitrogens with zero attached hydrogens (tertiary/aromatic N) is 8. The smallest absolute Gasteiger partial charge is 0.241 e. The van der Waals surface area contributed by atoms with Gasteiger partial charge in [-0.2, -0.15) is 0 Å². The number of benzene rings is 1. The lowest BCUT2D eigenvalue weighted by Crippen LogP contribution is -2.53. The average molecular weight is 555 g/mol. The second kappa shape index (κ2) is 10.8. The number of hydrogen-bond donors (Lipinski definition) is 2. The lowest BCUT2D eigenvalue weighted by Gasteiger charge is -2.42. The van der Waals surface area contributed by atoms with Gasteiger partial charge in [0.15, 0.2) is 5.78 Å². The van der Waals surface area contributed by atoms with E-state index in [1.165, 1.54) is 0 Å². The fourth-order valence-corrected chi connectivity index (χ4v) is 6.04. The van der Waals surface area contributed by atoms with Crippen molar-refractivity contribution in [3.63, 3.8) is 0 Å². The van der Waals surface area contributed by atoms with Gasteiger partial charge in [0.2, 0.25) is 5.91 Å². The van der Waals surface area contributed by atoms with Crippen LogP contribution in [0.4, 0.5) is 17.1 Å². The van der Waals surface area contributed by atoms with Crippen molar-refractivity contribution in [3.8, 4) is 0 Å². The first-order valence-electron chi connectivity index (χ1n) is 13.8. The number of likely N-dealkylation sites (N-methyl/N-ethyl adjacent to an activating group) is 1. The van der Waals surface area contributed by atoms with Crippen molar-refractivity contribution in [2.24, 2.45) is 11.7 Å². The van der Waals surface area contributed by atoms with Gasteiger partial charge in [0.25, 0.3) is 0 Å². The van der Waals surface area contributed by atoms with E-state index in [0.717, 1.165) is 35.4 Å². The minimum absolute atomic E-state index is 0.0381. The van der Waals surface area contributed by atoms with Gasteiger partial charge in [-0.25, -0.2) is 9.67 Å². The Morgan fingerprint density at radius 2 is 1.95 bits per heavy atom. The van der Waals surface area contributed by atoms with Gasteiger partial charge in [-0.05, 0) is 30.2 Å². The number of piperazine rings is 1. The number of nitrogens with two attached hydrogens (primary N) is 2. The molecule has 12 nitrogen and oxygen atoms in total. The summed E-state index contributed by atoms with van der Waals surface area (Å²) in [7, 11) is 1.81. The maximum Gasteiger partial charge on any atom is 0.241 e. The summed E-state index contributed by atoms with van der Waals surface area (Å²) in [6, 6.07) is 9.39. The van der Waals surface area contributed by atoms with Crippen LogP contribution in [0.2, 0.25) is 0 Å². The average Bonchev–Trinajstić information content (AvgIpc) is 3.48. The molecule has 1 aromatic carbocycles. The summed E-state index contributed by atoms with van der Waals surface area (Å²) >= 11 is 0. The minimum atomic E-state index is -0.186. The van der Waals surface area contributed by atoms with Crippen LogP contribution in [0.15, 0.2) is 55.1 Å². The number of fused-ring (bicyclic) bond motifs is 1. The molecule has 0 radical (unpaired) electrons. The van der Waals surface area contributed by atoms with Gasteiger partial charge in [0, 0.05) is 86.6 Å². The maximum absolute atomic E-state index is 13.6. The molecule has 3 aromatic heterocycles. The molecule has 2 fully saturated rings. The molecule has 3 atom stereocenters. The van der Waals surface area contributed by atoms with Crippen LogP contribution in [-0.2, 0) is 11.2 Å². The van der Waals surface area contributed by atoms with Gasteiger partial charge in [-0.3, -0.25) is 14.6 Å². The van der Waals surface area contributed by atoms with Crippen molar-refractivity contribution in [2.75, 3.05) is 55.3 Å². The molecule has 2 aliphatic rings. The van der Waals surface area contributed by atoms with E-state index in [2.05, 4.69) is 27.1 Å². The predicted molar refractivity (Wildman–Crippen MR) is 157 cm³/mol. The van der Waals surface area contributed by atoms with Crippen molar-refractivity contribution >= 4 is 39.7 Å². The van der Waals surface area contributed by atoms with Crippen LogP contribution in [0.5, 0.6) is 0 Å². The second-order valence-corrected chi connectivity index (χ2v) is 11.1. The van der Waals surface area contributed by atoms with Gasteiger partial charge in [0.1, 0.15) is 5.69 Å². The summed E-state index contributed by atoms with van der Waals surface area (Å²) in [4.78, 5) is 40.8. The molecule has 4 aromatic rings. The molecule has 6 rings (SSSR count). The number of carbonyl (C=O) groups is 2. The van der Waals surface area contributed by atoms with E-state index < -0.39 is 0 Å². The first-order valence-corrected chi connectivity index (χ1v) is 13.8. The first kappa shape index (κ1) is 26.6. The van der Waals surface area contributed by atoms with Crippen LogP contribution in [0.1, 0.15) is 29.0 Å². The van der Waals surface area contributed by atoms with Crippen LogP contribution in [-0.4, -0.2) is 87.4 Å². The van der Waals surface area contributed by atoms with Gasteiger partial charge in [-0.1, -0.05) is 18.2 Å². The second-order valence-electron chi connectivity index (χ2n) is 11.1. The molecular weight excluding hydrogens is 520 g/mol. The molecule has 2 saturated heterocycles. The number of rotatable bonds is 6. The number of anilines is 3. The molecule has 2 aliphatic heterocycles. The largest absolute Gasteiger partial charge is 0.397 e. The van der Waals surface area contributed by atoms with E-state index >= 15 is 0 Å². The van der Waals surface area contributed by atoms with Gasteiger partial charge in [-0.15, -0.1) is 5.10 Å². The Kier molecular flexibility index (Phi) is 7.00. The van der Waals surface area contributed by atoms with Crippen molar-refractivity contribution < 1.29 is 9.59 Å². The van der Waals surface area contributed by atoms with Crippen LogP contribution in [0, 0.1) is 5.92 Å². The summed E-state index contributed by atoms with van der Waals surface area (Å²) in [5.74, 6) is 0.0937. The number of nitrogen functional groups attached to an aromatic ring is 1. The zero-order valence-electron chi connectivity index (χ0n) is 23.2. The summed E-state index contributed by atoms with van der Waals surface area (Å²) < 4.78 is 1.84. The molecule has 0 unspecified atom stereocenters. The van der Waals surface area contributed by atoms with E-state index in [0.29, 0.717) is 30.8 Å².